The maximum atomic E-state index is 10.2. The highest BCUT2D eigenvalue weighted by molar-refractivity contribution is 5.80. The molecule has 2 aliphatic rings. The van der Waals surface area contributed by atoms with Crippen LogP contribution in [0.15, 0.2) is 4.99 Å². The largest absolute Gasteiger partial charge is 0.388 e. The van der Waals surface area contributed by atoms with Crippen LogP contribution >= 0.6 is 0 Å². The van der Waals surface area contributed by atoms with Crippen molar-refractivity contribution in [2.24, 2.45) is 10.9 Å². The van der Waals surface area contributed by atoms with E-state index in [2.05, 4.69) is 40.9 Å². The van der Waals surface area contributed by atoms with Crippen LogP contribution in [0.4, 0.5) is 0 Å². The highest BCUT2D eigenvalue weighted by Gasteiger charge is 2.34. The number of aliphatic hydroxyl groups is 1. The fourth-order valence-electron chi connectivity index (χ4n) is 3.05. The lowest BCUT2D eigenvalue weighted by molar-refractivity contribution is -0.0238. The van der Waals surface area contributed by atoms with Crippen molar-refractivity contribution in [1.29, 1.82) is 0 Å². The van der Waals surface area contributed by atoms with E-state index in [1.54, 1.807) is 0 Å². The Morgan fingerprint density at radius 1 is 1.24 bits per heavy atom. The molecule has 5 heteroatoms. The number of hydrogen-bond donors (Lipinski definition) is 2. The molecule has 1 aliphatic heterocycles. The van der Waals surface area contributed by atoms with E-state index in [9.17, 15) is 5.11 Å². The van der Waals surface area contributed by atoms with Gasteiger partial charge in [0.2, 0.25) is 0 Å². The quantitative estimate of drug-likeness (QED) is 0.590. The van der Waals surface area contributed by atoms with Crippen LogP contribution in [0.2, 0.25) is 0 Å². The summed E-state index contributed by atoms with van der Waals surface area (Å²) in [6.07, 6.45) is 2.94. The van der Waals surface area contributed by atoms with Gasteiger partial charge in [-0.3, -0.25) is 9.89 Å². The first-order valence-corrected chi connectivity index (χ1v) is 8.50. The van der Waals surface area contributed by atoms with Crippen molar-refractivity contribution in [3.63, 3.8) is 0 Å². The molecule has 0 spiro atoms. The molecule has 2 fully saturated rings. The summed E-state index contributed by atoms with van der Waals surface area (Å²) in [5, 5.41) is 13.6. The lowest BCUT2D eigenvalue weighted by atomic mass is 9.80. The minimum absolute atomic E-state index is 0.528. The van der Waals surface area contributed by atoms with Gasteiger partial charge in [0, 0.05) is 39.3 Å². The minimum Gasteiger partial charge on any atom is -0.388 e. The molecule has 1 saturated heterocycles. The fourth-order valence-corrected chi connectivity index (χ4v) is 3.05. The van der Waals surface area contributed by atoms with Gasteiger partial charge in [-0.15, -0.1) is 0 Å². The van der Waals surface area contributed by atoms with E-state index in [1.807, 2.05) is 0 Å². The van der Waals surface area contributed by atoms with E-state index in [0.29, 0.717) is 6.54 Å². The molecular weight excluding hydrogens is 264 g/mol. The first-order chi connectivity index (χ1) is 10.0. The van der Waals surface area contributed by atoms with Crippen molar-refractivity contribution in [2.75, 3.05) is 45.8 Å². The predicted molar refractivity (Wildman–Crippen MR) is 87.6 cm³/mol. The average Bonchev–Trinajstić information content (AvgIpc) is 2.42. The van der Waals surface area contributed by atoms with Crippen molar-refractivity contribution in [3.8, 4) is 0 Å². The molecule has 0 atom stereocenters. The zero-order valence-corrected chi connectivity index (χ0v) is 13.9. The van der Waals surface area contributed by atoms with Crippen molar-refractivity contribution in [3.05, 3.63) is 0 Å². The molecule has 0 bridgehead atoms. The zero-order chi connectivity index (χ0) is 15.3. The molecule has 0 unspecified atom stereocenters. The number of rotatable bonds is 5. The summed E-state index contributed by atoms with van der Waals surface area (Å²) in [4.78, 5) is 9.55. The monoisotopic (exact) mass is 296 g/mol. The van der Waals surface area contributed by atoms with Gasteiger partial charge in [0.05, 0.1) is 12.1 Å². The van der Waals surface area contributed by atoms with E-state index in [-0.39, 0.29) is 0 Å². The summed E-state index contributed by atoms with van der Waals surface area (Å²) in [5.74, 6) is 1.70. The molecule has 0 aromatic rings. The SMILES string of the molecule is CCNC(=NCC1(O)CCC1)N1CCN(CC(C)C)CC1. The standard InChI is InChI=1S/C16H32N4O/c1-4-17-15(18-13-16(21)6-5-7-16)20-10-8-19(9-11-20)12-14(2)3/h14,21H,4-13H2,1-3H3,(H,17,18). The summed E-state index contributed by atoms with van der Waals surface area (Å²) in [6, 6.07) is 0. The first-order valence-electron chi connectivity index (χ1n) is 8.50. The van der Waals surface area contributed by atoms with Gasteiger partial charge in [-0.2, -0.15) is 0 Å². The molecule has 0 amide bonds. The maximum Gasteiger partial charge on any atom is 0.194 e. The molecule has 2 N–H and O–H groups in total. The predicted octanol–water partition coefficient (Wildman–Crippen LogP) is 1.14. The highest BCUT2D eigenvalue weighted by Crippen LogP contribution is 2.31. The van der Waals surface area contributed by atoms with Gasteiger partial charge in [-0.1, -0.05) is 13.8 Å². The third-order valence-corrected chi connectivity index (χ3v) is 4.44. The van der Waals surface area contributed by atoms with Crippen LogP contribution in [0.25, 0.3) is 0 Å². The van der Waals surface area contributed by atoms with Crippen LogP contribution in [0, 0.1) is 5.92 Å². The van der Waals surface area contributed by atoms with E-state index in [4.69, 9.17) is 0 Å². The van der Waals surface area contributed by atoms with Gasteiger partial charge in [-0.05, 0) is 32.1 Å². The molecule has 1 saturated carbocycles. The molecular formula is C16H32N4O. The maximum absolute atomic E-state index is 10.2. The van der Waals surface area contributed by atoms with Crippen LogP contribution in [0.3, 0.4) is 0 Å². The first kappa shape index (κ1) is 16.6. The Kier molecular flexibility index (Phi) is 5.88. The molecule has 21 heavy (non-hydrogen) atoms. The molecule has 5 nitrogen and oxygen atoms in total. The lowest BCUT2D eigenvalue weighted by Gasteiger charge is -2.38. The van der Waals surface area contributed by atoms with Crippen LogP contribution in [0.5, 0.6) is 0 Å². The molecule has 0 aromatic heterocycles. The number of hydrogen-bond acceptors (Lipinski definition) is 3. The normalized spacial score (nSPS) is 23.3. The summed E-state index contributed by atoms with van der Waals surface area (Å²) < 4.78 is 0. The van der Waals surface area contributed by atoms with Crippen LogP contribution in [-0.4, -0.2) is 72.3 Å². The van der Waals surface area contributed by atoms with Gasteiger partial charge in [0.1, 0.15) is 0 Å². The van der Waals surface area contributed by atoms with Gasteiger partial charge >= 0.3 is 0 Å². The second-order valence-corrected chi connectivity index (χ2v) is 6.93. The Bertz CT molecular complexity index is 344. The number of nitrogens with zero attached hydrogens (tertiary/aromatic N) is 3. The molecule has 122 valence electrons. The van der Waals surface area contributed by atoms with E-state index >= 15 is 0 Å². The molecule has 0 radical (unpaired) electrons. The van der Waals surface area contributed by atoms with Gasteiger partial charge in [-0.25, -0.2) is 0 Å². The molecule has 2 rings (SSSR count). The van der Waals surface area contributed by atoms with E-state index in [0.717, 1.165) is 63.9 Å². The van der Waals surface area contributed by atoms with Crippen molar-refractivity contribution >= 4 is 5.96 Å². The smallest absolute Gasteiger partial charge is 0.194 e. The second-order valence-electron chi connectivity index (χ2n) is 6.93. The Morgan fingerprint density at radius 2 is 1.90 bits per heavy atom. The van der Waals surface area contributed by atoms with Gasteiger partial charge < -0.3 is 15.3 Å². The third kappa shape index (κ3) is 4.85. The number of aliphatic imine (C=N–C) groups is 1. The summed E-state index contributed by atoms with van der Waals surface area (Å²) in [6.45, 7) is 13.5. The average molecular weight is 296 g/mol. The number of piperazine rings is 1. The number of nitrogens with one attached hydrogen (secondary N) is 1. The Hall–Kier alpha value is -0.810. The van der Waals surface area contributed by atoms with Crippen LogP contribution in [-0.2, 0) is 0 Å². The molecule has 1 heterocycles. The molecule has 0 aromatic carbocycles. The Morgan fingerprint density at radius 3 is 2.38 bits per heavy atom. The molecule has 1 aliphatic carbocycles. The lowest BCUT2D eigenvalue weighted by Crippen LogP contribution is -2.53. The highest BCUT2D eigenvalue weighted by atomic mass is 16.3. The van der Waals surface area contributed by atoms with Crippen LogP contribution in [0.1, 0.15) is 40.0 Å². The van der Waals surface area contributed by atoms with Crippen molar-refractivity contribution in [2.45, 2.75) is 45.6 Å². The second kappa shape index (κ2) is 7.45. The van der Waals surface area contributed by atoms with Gasteiger partial charge in [0.15, 0.2) is 5.96 Å². The Labute approximate surface area is 129 Å². The summed E-state index contributed by atoms with van der Waals surface area (Å²) in [7, 11) is 0. The topological polar surface area (TPSA) is 51.1 Å². The van der Waals surface area contributed by atoms with Gasteiger partial charge in [0.25, 0.3) is 0 Å². The van der Waals surface area contributed by atoms with E-state index in [1.165, 1.54) is 6.54 Å². The Balaban J connectivity index is 1.85. The van der Waals surface area contributed by atoms with Crippen molar-refractivity contribution in [1.82, 2.24) is 15.1 Å². The number of guanidine groups is 1. The van der Waals surface area contributed by atoms with Crippen LogP contribution < -0.4 is 5.32 Å². The zero-order valence-electron chi connectivity index (χ0n) is 13.9. The summed E-state index contributed by atoms with van der Waals surface area (Å²) >= 11 is 0. The van der Waals surface area contributed by atoms with Crippen molar-refractivity contribution < 1.29 is 5.11 Å². The minimum atomic E-state index is -0.528. The van der Waals surface area contributed by atoms with E-state index < -0.39 is 5.60 Å². The summed E-state index contributed by atoms with van der Waals surface area (Å²) in [5.41, 5.74) is -0.528. The fraction of sp³-hybridized carbons (Fsp3) is 0.938. The third-order valence-electron chi connectivity index (χ3n) is 4.44.